The molecule has 24 heavy (non-hydrogen) atoms. The first-order chi connectivity index (χ1) is 11.6. The standard InChI is InChI=1S/C18H22FN3S2/c1-13(20-18(23)21-15-8-6-14(19)7-9-15)17(16-5-4-12-24-16)22-10-2-3-11-22/h4-9,12-13,17H,2-3,10-11H2,1H3,(H2,20,21,23)/t13-,17+/m0/s1. The van der Waals surface area contributed by atoms with Gasteiger partial charge < -0.3 is 10.6 Å². The van der Waals surface area contributed by atoms with Crippen molar-refractivity contribution in [3.05, 3.63) is 52.5 Å². The fourth-order valence-electron chi connectivity index (χ4n) is 3.21. The number of halogens is 1. The average molecular weight is 364 g/mol. The Morgan fingerprint density at radius 2 is 1.92 bits per heavy atom. The van der Waals surface area contributed by atoms with Gasteiger partial charge in [-0.25, -0.2) is 4.39 Å². The van der Waals surface area contributed by atoms with Crippen LogP contribution in [0.5, 0.6) is 0 Å². The Morgan fingerprint density at radius 1 is 1.21 bits per heavy atom. The molecule has 1 fully saturated rings. The Hall–Kier alpha value is -1.50. The van der Waals surface area contributed by atoms with Crippen LogP contribution in [0.2, 0.25) is 0 Å². The van der Waals surface area contributed by atoms with Crippen LogP contribution in [0.15, 0.2) is 41.8 Å². The summed E-state index contributed by atoms with van der Waals surface area (Å²) in [5.74, 6) is -0.250. The number of thiophene rings is 1. The molecular formula is C18H22FN3S2. The summed E-state index contributed by atoms with van der Waals surface area (Å²) >= 11 is 7.23. The Balaban J connectivity index is 1.65. The van der Waals surface area contributed by atoms with Crippen molar-refractivity contribution in [3.63, 3.8) is 0 Å². The van der Waals surface area contributed by atoms with Gasteiger partial charge in [0.2, 0.25) is 0 Å². The predicted octanol–water partition coefficient (Wildman–Crippen LogP) is 4.40. The van der Waals surface area contributed by atoms with Crippen LogP contribution in [0.1, 0.15) is 30.7 Å². The molecule has 1 aliphatic rings. The van der Waals surface area contributed by atoms with Crippen LogP contribution in [0, 0.1) is 5.82 Å². The summed E-state index contributed by atoms with van der Waals surface area (Å²) < 4.78 is 13.0. The minimum absolute atomic E-state index is 0.183. The Bertz CT molecular complexity index is 651. The normalized spacial score (nSPS) is 17.4. The number of thiocarbonyl (C=S) groups is 1. The third kappa shape index (κ3) is 4.32. The summed E-state index contributed by atoms with van der Waals surface area (Å²) in [7, 11) is 0. The first kappa shape index (κ1) is 17.3. The Kier molecular flexibility index (Phi) is 5.81. The minimum atomic E-state index is -0.250. The van der Waals surface area contributed by atoms with E-state index in [9.17, 15) is 4.39 Å². The molecule has 0 bridgehead atoms. The van der Waals surface area contributed by atoms with Gasteiger partial charge in [-0.3, -0.25) is 4.90 Å². The van der Waals surface area contributed by atoms with E-state index in [1.54, 1.807) is 23.5 Å². The van der Waals surface area contributed by atoms with Gasteiger partial charge in [0.25, 0.3) is 0 Å². The monoisotopic (exact) mass is 363 g/mol. The molecular weight excluding hydrogens is 341 g/mol. The molecule has 128 valence electrons. The highest BCUT2D eigenvalue weighted by atomic mass is 32.1. The molecule has 0 unspecified atom stereocenters. The van der Waals surface area contributed by atoms with Gasteiger partial charge in [-0.15, -0.1) is 11.3 Å². The number of hydrogen-bond donors (Lipinski definition) is 2. The molecule has 2 heterocycles. The highest BCUT2D eigenvalue weighted by molar-refractivity contribution is 7.80. The minimum Gasteiger partial charge on any atom is -0.358 e. The lowest BCUT2D eigenvalue weighted by molar-refractivity contribution is 0.214. The van der Waals surface area contributed by atoms with E-state index in [1.807, 2.05) is 0 Å². The van der Waals surface area contributed by atoms with Gasteiger partial charge in [0.05, 0.1) is 6.04 Å². The summed E-state index contributed by atoms with van der Waals surface area (Å²) in [6.07, 6.45) is 2.51. The summed E-state index contributed by atoms with van der Waals surface area (Å²) in [5, 5.41) is 9.22. The zero-order valence-electron chi connectivity index (χ0n) is 13.7. The largest absolute Gasteiger partial charge is 0.358 e. The maximum Gasteiger partial charge on any atom is 0.171 e. The van der Waals surface area contributed by atoms with Crippen LogP contribution in [0.3, 0.4) is 0 Å². The van der Waals surface area contributed by atoms with E-state index in [-0.39, 0.29) is 11.9 Å². The number of anilines is 1. The molecule has 6 heteroatoms. The number of hydrogen-bond acceptors (Lipinski definition) is 3. The van der Waals surface area contributed by atoms with Crippen molar-refractivity contribution in [1.82, 2.24) is 10.2 Å². The molecule has 2 atom stereocenters. The second kappa shape index (κ2) is 8.05. The second-order valence-corrected chi connectivity index (χ2v) is 7.48. The van der Waals surface area contributed by atoms with Crippen molar-refractivity contribution in [1.29, 1.82) is 0 Å². The first-order valence-corrected chi connectivity index (χ1v) is 9.53. The van der Waals surface area contributed by atoms with Crippen LogP contribution in [0.25, 0.3) is 0 Å². The Morgan fingerprint density at radius 3 is 2.54 bits per heavy atom. The van der Waals surface area contributed by atoms with E-state index < -0.39 is 0 Å². The molecule has 0 aliphatic carbocycles. The highest BCUT2D eigenvalue weighted by Crippen LogP contribution is 2.31. The highest BCUT2D eigenvalue weighted by Gasteiger charge is 2.29. The number of benzene rings is 1. The first-order valence-electron chi connectivity index (χ1n) is 8.24. The zero-order valence-corrected chi connectivity index (χ0v) is 15.3. The molecule has 1 aromatic carbocycles. The van der Waals surface area contributed by atoms with Gasteiger partial charge in [-0.2, -0.15) is 0 Å². The number of nitrogens with zero attached hydrogens (tertiary/aromatic N) is 1. The molecule has 1 aliphatic heterocycles. The topological polar surface area (TPSA) is 27.3 Å². The lowest BCUT2D eigenvalue weighted by Gasteiger charge is -2.33. The van der Waals surface area contributed by atoms with Crippen molar-refractivity contribution >= 4 is 34.4 Å². The summed E-state index contributed by atoms with van der Waals surface area (Å²) in [6, 6.07) is 11.0. The van der Waals surface area contributed by atoms with Crippen molar-refractivity contribution in [3.8, 4) is 0 Å². The Labute approximate surface area is 151 Å². The molecule has 0 amide bonds. The maximum atomic E-state index is 13.0. The lowest BCUT2D eigenvalue weighted by atomic mass is 10.1. The molecule has 1 aromatic heterocycles. The molecule has 0 radical (unpaired) electrons. The SMILES string of the molecule is C[C@H](NC(=S)Nc1ccc(F)cc1)[C@H](c1cccs1)N1CCCC1. The molecule has 0 saturated carbocycles. The summed E-state index contributed by atoms with van der Waals surface area (Å²) in [5.41, 5.74) is 0.787. The predicted molar refractivity (Wildman–Crippen MR) is 103 cm³/mol. The quantitative estimate of drug-likeness (QED) is 0.770. The average Bonchev–Trinajstić information content (AvgIpc) is 3.24. The van der Waals surface area contributed by atoms with Crippen LogP contribution in [0.4, 0.5) is 10.1 Å². The summed E-state index contributed by atoms with van der Waals surface area (Å²) in [6.45, 7) is 4.43. The number of likely N-dealkylation sites (tertiary alicyclic amines) is 1. The third-order valence-corrected chi connectivity index (χ3v) is 5.47. The maximum absolute atomic E-state index is 13.0. The van der Waals surface area contributed by atoms with Gasteiger partial charge in [-0.1, -0.05) is 6.07 Å². The van der Waals surface area contributed by atoms with Gasteiger partial charge in [0, 0.05) is 16.6 Å². The van der Waals surface area contributed by atoms with E-state index >= 15 is 0 Å². The van der Waals surface area contributed by atoms with E-state index in [0.717, 1.165) is 18.8 Å². The second-order valence-electron chi connectivity index (χ2n) is 6.10. The molecule has 0 spiro atoms. The van der Waals surface area contributed by atoms with Gasteiger partial charge in [0.1, 0.15) is 5.82 Å². The molecule has 1 saturated heterocycles. The van der Waals surface area contributed by atoms with Crippen LogP contribution < -0.4 is 10.6 Å². The van der Waals surface area contributed by atoms with E-state index in [4.69, 9.17) is 12.2 Å². The van der Waals surface area contributed by atoms with Gasteiger partial charge >= 0.3 is 0 Å². The zero-order chi connectivity index (χ0) is 16.9. The third-order valence-electron chi connectivity index (χ3n) is 4.30. The van der Waals surface area contributed by atoms with Crippen molar-refractivity contribution in [2.24, 2.45) is 0 Å². The van der Waals surface area contributed by atoms with Crippen molar-refractivity contribution < 1.29 is 4.39 Å². The van der Waals surface area contributed by atoms with Crippen LogP contribution >= 0.6 is 23.6 Å². The van der Waals surface area contributed by atoms with Gasteiger partial charge in [-0.05, 0) is 80.8 Å². The molecule has 2 aromatic rings. The molecule has 3 rings (SSSR count). The molecule has 2 N–H and O–H groups in total. The van der Waals surface area contributed by atoms with E-state index in [0.29, 0.717) is 11.2 Å². The van der Waals surface area contributed by atoms with Crippen LogP contribution in [-0.4, -0.2) is 29.1 Å². The fraction of sp³-hybridized carbons (Fsp3) is 0.389. The summed E-state index contributed by atoms with van der Waals surface area (Å²) in [4.78, 5) is 3.89. The number of rotatable bonds is 5. The smallest absolute Gasteiger partial charge is 0.171 e. The molecule has 3 nitrogen and oxygen atoms in total. The number of nitrogens with one attached hydrogen (secondary N) is 2. The van der Waals surface area contributed by atoms with E-state index in [1.165, 1.54) is 29.9 Å². The fourth-order valence-corrected chi connectivity index (χ4v) is 4.48. The van der Waals surface area contributed by atoms with Crippen molar-refractivity contribution in [2.45, 2.75) is 31.8 Å². The van der Waals surface area contributed by atoms with Gasteiger partial charge in [0.15, 0.2) is 5.11 Å². The van der Waals surface area contributed by atoms with E-state index in [2.05, 4.69) is 40.0 Å². The van der Waals surface area contributed by atoms with Crippen molar-refractivity contribution in [2.75, 3.05) is 18.4 Å². The van der Waals surface area contributed by atoms with Crippen LogP contribution in [-0.2, 0) is 0 Å². The lowest BCUT2D eigenvalue weighted by Crippen LogP contribution is -2.45.